The third-order valence-corrected chi connectivity index (χ3v) is 5.24. The lowest BCUT2D eigenvalue weighted by Gasteiger charge is -2.23. The van der Waals surface area contributed by atoms with E-state index >= 15 is 0 Å². The number of benzene rings is 3. The van der Waals surface area contributed by atoms with Gasteiger partial charge in [0.15, 0.2) is 0 Å². The smallest absolute Gasteiger partial charge is 0.408 e. The summed E-state index contributed by atoms with van der Waals surface area (Å²) in [5.41, 5.74) is 3.75. The predicted octanol–water partition coefficient (Wildman–Crippen LogP) is 5.63. The second kappa shape index (κ2) is 11.0. The minimum atomic E-state index is -0.693. The van der Waals surface area contributed by atoms with Crippen molar-refractivity contribution >= 4 is 17.7 Å². The molecule has 0 fully saturated rings. The minimum Gasteiger partial charge on any atom is -0.445 e. The molecule has 0 saturated carbocycles. The van der Waals surface area contributed by atoms with Crippen LogP contribution in [-0.2, 0) is 16.1 Å². The monoisotopic (exact) mass is 416 g/mol. The Morgan fingerprint density at radius 2 is 1.42 bits per heavy atom. The highest BCUT2D eigenvalue weighted by Crippen LogP contribution is 2.21. The topological polar surface area (TPSA) is 67.4 Å². The molecular formula is C26H28N2O3. The molecule has 0 aliphatic carbocycles. The summed E-state index contributed by atoms with van der Waals surface area (Å²) in [4.78, 5) is 25.2. The van der Waals surface area contributed by atoms with E-state index in [-0.39, 0.29) is 18.4 Å². The summed E-state index contributed by atoms with van der Waals surface area (Å²) < 4.78 is 5.29. The zero-order chi connectivity index (χ0) is 22.1. The third kappa shape index (κ3) is 6.44. The Hall–Kier alpha value is -3.60. The molecule has 0 radical (unpaired) electrons. The molecular weight excluding hydrogens is 388 g/mol. The maximum atomic E-state index is 12.9. The summed E-state index contributed by atoms with van der Waals surface area (Å²) in [6.07, 6.45) is 0.132. The van der Waals surface area contributed by atoms with Crippen molar-refractivity contribution in [2.24, 2.45) is 5.92 Å². The second-order valence-electron chi connectivity index (χ2n) is 7.50. The normalized spacial score (nSPS) is 12.5. The Morgan fingerprint density at radius 1 is 0.839 bits per heavy atom. The standard InChI is InChI=1S/C26H28N2O3/c1-3-19(2)24(28-26(30)31-18-20-10-6-4-7-11-20)25(29)27-23-16-14-22(15-17-23)21-12-8-5-9-13-21/h4-17,19,24H,3,18H2,1-2H3,(H,27,29)(H,28,30)/t19-,24+/m0/s1. The van der Waals surface area contributed by atoms with Crippen molar-refractivity contribution in [3.05, 3.63) is 90.5 Å². The highest BCUT2D eigenvalue weighted by Gasteiger charge is 2.26. The van der Waals surface area contributed by atoms with Gasteiger partial charge in [-0.25, -0.2) is 4.79 Å². The van der Waals surface area contributed by atoms with Gasteiger partial charge in [0, 0.05) is 5.69 Å². The van der Waals surface area contributed by atoms with Crippen molar-refractivity contribution in [3.63, 3.8) is 0 Å². The molecule has 160 valence electrons. The summed E-state index contributed by atoms with van der Waals surface area (Å²) >= 11 is 0. The van der Waals surface area contributed by atoms with Crippen molar-refractivity contribution in [3.8, 4) is 11.1 Å². The Balaban J connectivity index is 1.61. The van der Waals surface area contributed by atoms with Crippen LogP contribution in [0.2, 0.25) is 0 Å². The number of anilines is 1. The van der Waals surface area contributed by atoms with Crippen LogP contribution in [0.4, 0.5) is 10.5 Å². The van der Waals surface area contributed by atoms with Gasteiger partial charge in [0.1, 0.15) is 12.6 Å². The number of amides is 2. The van der Waals surface area contributed by atoms with Crippen LogP contribution < -0.4 is 10.6 Å². The fourth-order valence-electron chi connectivity index (χ4n) is 3.19. The van der Waals surface area contributed by atoms with Crippen LogP contribution in [0.1, 0.15) is 25.8 Å². The van der Waals surface area contributed by atoms with Gasteiger partial charge in [-0.1, -0.05) is 93.1 Å². The van der Waals surface area contributed by atoms with Crippen LogP contribution in [0.25, 0.3) is 11.1 Å². The molecule has 0 aliphatic heterocycles. The van der Waals surface area contributed by atoms with E-state index < -0.39 is 12.1 Å². The van der Waals surface area contributed by atoms with Crippen LogP contribution in [0.15, 0.2) is 84.9 Å². The summed E-state index contributed by atoms with van der Waals surface area (Å²) in [5, 5.41) is 5.63. The van der Waals surface area contributed by atoms with Crippen molar-refractivity contribution < 1.29 is 14.3 Å². The van der Waals surface area contributed by atoms with E-state index in [1.54, 1.807) is 0 Å². The van der Waals surface area contributed by atoms with Crippen molar-refractivity contribution in [1.29, 1.82) is 0 Å². The van der Waals surface area contributed by atoms with Crippen LogP contribution in [0, 0.1) is 5.92 Å². The number of hydrogen-bond donors (Lipinski definition) is 2. The fraction of sp³-hybridized carbons (Fsp3) is 0.231. The molecule has 31 heavy (non-hydrogen) atoms. The predicted molar refractivity (Wildman–Crippen MR) is 124 cm³/mol. The number of alkyl carbamates (subject to hydrolysis) is 1. The number of ether oxygens (including phenoxy) is 1. The van der Waals surface area contributed by atoms with Gasteiger partial charge in [-0.2, -0.15) is 0 Å². The van der Waals surface area contributed by atoms with Gasteiger partial charge in [0.25, 0.3) is 0 Å². The summed E-state index contributed by atoms with van der Waals surface area (Å²) in [6, 6.07) is 26.4. The first kappa shape index (κ1) is 22.1. The molecule has 0 saturated heterocycles. The first-order valence-electron chi connectivity index (χ1n) is 10.5. The largest absolute Gasteiger partial charge is 0.445 e. The Labute approximate surface area is 183 Å². The summed E-state index contributed by atoms with van der Waals surface area (Å²) in [6.45, 7) is 4.07. The van der Waals surface area contributed by atoms with Crippen molar-refractivity contribution in [2.75, 3.05) is 5.32 Å². The Morgan fingerprint density at radius 3 is 2.03 bits per heavy atom. The van der Waals surface area contributed by atoms with Gasteiger partial charge in [-0.05, 0) is 34.7 Å². The molecule has 0 aromatic heterocycles. The Bertz CT molecular complexity index is 973. The molecule has 5 heteroatoms. The lowest BCUT2D eigenvalue weighted by atomic mass is 9.98. The van der Waals surface area contributed by atoms with E-state index in [2.05, 4.69) is 10.6 Å². The molecule has 3 aromatic rings. The van der Waals surface area contributed by atoms with E-state index in [0.29, 0.717) is 5.69 Å². The lowest BCUT2D eigenvalue weighted by Crippen LogP contribution is -2.47. The van der Waals surface area contributed by atoms with Gasteiger partial charge < -0.3 is 15.4 Å². The first-order chi connectivity index (χ1) is 15.1. The maximum Gasteiger partial charge on any atom is 0.408 e. The molecule has 0 unspecified atom stereocenters. The van der Waals surface area contributed by atoms with Crippen molar-refractivity contribution in [1.82, 2.24) is 5.32 Å². The number of hydrogen-bond acceptors (Lipinski definition) is 3. The highest BCUT2D eigenvalue weighted by molar-refractivity contribution is 5.97. The van der Waals surface area contributed by atoms with Crippen LogP contribution >= 0.6 is 0 Å². The third-order valence-electron chi connectivity index (χ3n) is 5.24. The van der Waals surface area contributed by atoms with E-state index in [0.717, 1.165) is 23.1 Å². The molecule has 5 nitrogen and oxygen atoms in total. The molecule has 2 atom stereocenters. The lowest BCUT2D eigenvalue weighted by molar-refractivity contribution is -0.119. The van der Waals surface area contributed by atoms with Gasteiger partial charge in [0.05, 0.1) is 0 Å². The summed E-state index contributed by atoms with van der Waals surface area (Å²) in [7, 11) is 0. The molecule has 2 N–H and O–H groups in total. The van der Waals surface area contributed by atoms with E-state index in [1.165, 1.54) is 0 Å². The fourth-order valence-corrected chi connectivity index (χ4v) is 3.19. The number of carbonyl (C=O) groups is 2. The zero-order valence-corrected chi connectivity index (χ0v) is 17.9. The molecule has 2 amide bonds. The van der Waals surface area contributed by atoms with Crippen LogP contribution in [-0.4, -0.2) is 18.0 Å². The number of carbonyl (C=O) groups excluding carboxylic acids is 2. The van der Waals surface area contributed by atoms with Gasteiger partial charge in [-0.15, -0.1) is 0 Å². The highest BCUT2D eigenvalue weighted by atomic mass is 16.5. The molecule has 0 bridgehead atoms. The SMILES string of the molecule is CC[C@H](C)[C@@H](NC(=O)OCc1ccccc1)C(=O)Nc1ccc(-c2ccccc2)cc1. The van der Waals surface area contributed by atoms with E-state index in [9.17, 15) is 9.59 Å². The maximum absolute atomic E-state index is 12.9. The molecule has 0 heterocycles. The van der Waals surface area contributed by atoms with Gasteiger partial charge in [-0.3, -0.25) is 4.79 Å². The molecule has 3 aromatic carbocycles. The molecule has 3 rings (SSSR count). The van der Waals surface area contributed by atoms with E-state index in [4.69, 9.17) is 4.74 Å². The van der Waals surface area contributed by atoms with Gasteiger partial charge in [0.2, 0.25) is 5.91 Å². The average molecular weight is 417 g/mol. The van der Waals surface area contributed by atoms with Crippen molar-refractivity contribution in [2.45, 2.75) is 32.9 Å². The Kier molecular flexibility index (Phi) is 7.82. The minimum absolute atomic E-state index is 0.0483. The van der Waals surface area contributed by atoms with E-state index in [1.807, 2.05) is 98.8 Å². The first-order valence-corrected chi connectivity index (χ1v) is 10.5. The number of rotatable bonds is 8. The number of nitrogens with one attached hydrogen (secondary N) is 2. The quantitative estimate of drug-likeness (QED) is 0.500. The molecule has 0 aliphatic rings. The average Bonchev–Trinajstić information content (AvgIpc) is 2.82. The zero-order valence-electron chi connectivity index (χ0n) is 17.9. The van der Waals surface area contributed by atoms with Crippen LogP contribution in [0.3, 0.4) is 0 Å². The summed E-state index contributed by atoms with van der Waals surface area (Å²) in [5.74, 6) is -0.314. The second-order valence-corrected chi connectivity index (χ2v) is 7.50. The van der Waals surface area contributed by atoms with Gasteiger partial charge >= 0.3 is 6.09 Å². The van der Waals surface area contributed by atoms with Crippen LogP contribution in [0.5, 0.6) is 0 Å². The molecule has 0 spiro atoms.